The molecule has 4 N–H and O–H groups in total. The van der Waals surface area contributed by atoms with Gasteiger partial charge in [0.05, 0.1) is 5.69 Å². The van der Waals surface area contributed by atoms with Gasteiger partial charge in [0.25, 0.3) is 0 Å². The lowest BCUT2D eigenvalue weighted by Gasteiger charge is -2.13. The number of hydrogen-bond acceptors (Lipinski definition) is 4. The van der Waals surface area contributed by atoms with Gasteiger partial charge in [-0.1, -0.05) is 6.07 Å². The highest BCUT2D eigenvalue weighted by atomic mass is 31.2. The number of aromatic nitrogens is 2. The van der Waals surface area contributed by atoms with Crippen LogP contribution in [0.2, 0.25) is 0 Å². The molecule has 2 aromatic rings. The first-order valence-corrected chi connectivity index (χ1v) is 6.43. The maximum Gasteiger partial charge on any atom is 0.359 e. The molecule has 2 rings (SSSR count). The minimum Gasteiger partial charge on any atom is -0.476 e. The van der Waals surface area contributed by atoms with Gasteiger partial charge < -0.3 is 20.0 Å². The molecule has 0 aromatic carbocycles. The van der Waals surface area contributed by atoms with Crippen LogP contribution in [0.15, 0.2) is 24.4 Å². The van der Waals surface area contributed by atoms with Crippen molar-refractivity contribution >= 4 is 19.2 Å². The summed E-state index contributed by atoms with van der Waals surface area (Å²) in [6.07, 6.45) is 1.09. The molecule has 0 saturated carbocycles. The number of aliphatic hydroxyl groups is 1. The van der Waals surface area contributed by atoms with Crippen molar-refractivity contribution in [2.75, 3.05) is 0 Å². The Morgan fingerprint density at radius 3 is 2.61 bits per heavy atom. The molecule has 96 valence electrons. The molecule has 0 radical (unpaired) electrons. The van der Waals surface area contributed by atoms with Crippen LogP contribution in [0.25, 0.3) is 5.65 Å². The molecule has 0 aliphatic heterocycles. The molecule has 1 unspecified atom stereocenters. The minimum atomic E-state index is -4.74. The summed E-state index contributed by atoms with van der Waals surface area (Å²) in [6.45, 7) is 0. The molecule has 0 saturated heterocycles. The number of carboxylic acids is 1. The molecule has 2 heterocycles. The van der Waals surface area contributed by atoms with Gasteiger partial charge >= 0.3 is 13.6 Å². The van der Waals surface area contributed by atoms with Crippen LogP contribution in [-0.2, 0) is 4.57 Å². The van der Waals surface area contributed by atoms with Gasteiger partial charge in [-0.25, -0.2) is 9.78 Å². The first-order valence-electron chi connectivity index (χ1n) is 4.75. The molecule has 0 bridgehead atoms. The molecule has 0 amide bonds. The van der Waals surface area contributed by atoms with E-state index in [4.69, 9.17) is 14.9 Å². The highest BCUT2D eigenvalue weighted by Gasteiger charge is 2.30. The maximum absolute atomic E-state index is 11.0. The average Bonchev–Trinajstić information content (AvgIpc) is 2.70. The lowest BCUT2D eigenvalue weighted by atomic mass is 10.3. The summed E-state index contributed by atoms with van der Waals surface area (Å²) in [4.78, 5) is 32.3. The topological polar surface area (TPSA) is 132 Å². The van der Waals surface area contributed by atoms with Crippen LogP contribution in [0.1, 0.15) is 22.0 Å². The molecule has 9 heteroatoms. The van der Waals surface area contributed by atoms with E-state index in [-0.39, 0.29) is 17.0 Å². The molecular formula is C9H9N2O6P. The summed E-state index contributed by atoms with van der Waals surface area (Å²) in [7, 11) is -4.74. The van der Waals surface area contributed by atoms with E-state index < -0.39 is 19.4 Å². The zero-order valence-electron chi connectivity index (χ0n) is 8.83. The monoisotopic (exact) mass is 272 g/mol. The number of carboxylic acid groups (broad SMARTS) is 1. The molecule has 0 spiro atoms. The summed E-state index contributed by atoms with van der Waals surface area (Å²) in [5.74, 6) is -3.30. The van der Waals surface area contributed by atoms with E-state index in [1.807, 2.05) is 0 Å². The summed E-state index contributed by atoms with van der Waals surface area (Å²) in [6, 6.07) is 4.16. The van der Waals surface area contributed by atoms with Crippen LogP contribution in [0.4, 0.5) is 0 Å². The van der Waals surface area contributed by atoms with Gasteiger partial charge in [-0.3, -0.25) is 8.97 Å². The van der Waals surface area contributed by atoms with Crippen LogP contribution >= 0.6 is 7.60 Å². The normalized spacial score (nSPS) is 13.7. The zero-order valence-corrected chi connectivity index (χ0v) is 9.73. The summed E-state index contributed by atoms with van der Waals surface area (Å²) in [5.41, 5.74) is -0.224. The van der Waals surface area contributed by atoms with Crippen molar-refractivity contribution in [2.24, 2.45) is 0 Å². The Balaban J connectivity index is 2.65. The second-order valence-corrected chi connectivity index (χ2v) is 5.24. The first-order chi connectivity index (χ1) is 8.30. The minimum absolute atomic E-state index is 0.124. The Morgan fingerprint density at radius 2 is 2.06 bits per heavy atom. The van der Waals surface area contributed by atoms with E-state index in [0.717, 1.165) is 10.6 Å². The molecule has 8 nitrogen and oxygen atoms in total. The fourth-order valence-electron chi connectivity index (χ4n) is 1.52. The van der Waals surface area contributed by atoms with Crippen molar-refractivity contribution in [1.29, 1.82) is 0 Å². The van der Waals surface area contributed by atoms with Gasteiger partial charge in [0.15, 0.2) is 11.5 Å². The molecular weight excluding hydrogens is 263 g/mol. The number of nitrogens with zero attached hydrogens (tertiary/aromatic N) is 2. The number of rotatable bonds is 3. The number of carbonyl (C=O) groups is 1. The van der Waals surface area contributed by atoms with E-state index in [1.54, 1.807) is 0 Å². The van der Waals surface area contributed by atoms with Gasteiger partial charge in [0.2, 0.25) is 0 Å². The number of aromatic carboxylic acids is 1. The second kappa shape index (κ2) is 4.18. The van der Waals surface area contributed by atoms with Gasteiger partial charge in [0.1, 0.15) is 5.65 Å². The predicted octanol–water partition coefficient (Wildman–Crippen LogP) is 0.201. The van der Waals surface area contributed by atoms with Gasteiger partial charge in [-0.2, -0.15) is 0 Å². The van der Waals surface area contributed by atoms with Crippen molar-refractivity contribution < 1.29 is 29.4 Å². The fourth-order valence-corrected chi connectivity index (χ4v) is 2.07. The maximum atomic E-state index is 11.0. The zero-order chi connectivity index (χ0) is 13.5. The average molecular weight is 272 g/mol. The predicted molar refractivity (Wildman–Crippen MR) is 59.2 cm³/mol. The molecule has 1 atom stereocenters. The third kappa shape index (κ3) is 2.14. The Kier molecular flexibility index (Phi) is 2.95. The third-order valence-corrected chi connectivity index (χ3v) is 3.23. The Morgan fingerprint density at radius 1 is 1.39 bits per heavy atom. The second-order valence-electron chi connectivity index (χ2n) is 3.57. The van der Waals surface area contributed by atoms with Crippen LogP contribution in [0.5, 0.6) is 0 Å². The highest BCUT2D eigenvalue weighted by Crippen LogP contribution is 2.49. The van der Waals surface area contributed by atoms with Crippen molar-refractivity contribution in [2.45, 2.75) is 5.85 Å². The highest BCUT2D eigenvalue weighted by molar-refractivity contribution is 7.51. The lowest BCUT2D eigenvalue weighted by molar-refractivity contribution is 0.0691. The number of fused-ring (bicyclic) bond motifs is 1. The van der Waals surface area contributed by atoms with Gasteiger partial charge in [0, 0.05) is 6.20 Å². The standard InChI is InChI=1S/C9H9N2O6P/c12-8(13)5-4-11-6(9(14)18(15,16)17)2-1-3-7(11)10-5/h1-4,9,14H,(H,12,13)(H2,15,16,17). The summed E-state index contributed by atoms with van der Waals surface area (Å²) in [5, 5.41) is 18.3. The smallest absolute Gasteiger partial charge is 0.359 e. The molecule has 0 aliphatic carbocycles. The SMILES string of the molecule is O=C(O)c1cn2c(C(O)P(=O)(O)O)cccc2n1. The van der Waals surface area contributed by atoms with Crippen LogP contribution in [-0.4, -0.2) is 35.4 Å². The third-order valence-electron chi connectivity index (χ3n) is 2.33. The number of hydrogen-bond donors (Lipinski definition) is 4. The van der Waals surface area contributed by atoms with E-state index >= 15 is 0 Å². The van der Waals surface area contributed by atoms with Crippen molar-refractivity contribution in [3.63, 3.8) is 0 Å². The van der Waals surface area contributed by atoms with E-state index in [9.17, 15) is 14.5 Å². The largest absolute Gasteiger partial charge is 0.476 e. The van der Waals surface area contributed by atoms with Crippen molar-refractivity contribution in [3.8, 4) is 0 Å². The molecule has 18 heavy (non-hydrogen) atoms. The van der Waals surface area contributed by atoms with E-state index in [0.29, 0.717) is 0 Å². The lowest BCUT2D eigenvalue weighted by Crippen LogP contribution is -2.04. The van der Waals surface area contributed by atoms with Crippen LogP contribution < -0.4 is 0 Å². The van der Waals surface area contributed by atoms with Crippen molar-refractivity contribution in [1.82, 2.24) is 9.38 Å². The van der Waals surface area contributed by atoms with Crippen LogP contribution in [0.3, 0.4) is 0 Å². The Bertz CT molecular complexity index is 660. The quantitative estimate of drug-likeness (QED) is 0.586. The number of imidazole rings is 1. The Hall–Kier alpha value is -1.73. The summed E-state index contributed by atoms with van der Waals surface area (Å²) < 4.78 is 12.1. The summed E-state index contributed by atoms with van der Waals surface area (Å²) >= 11 is 0. The fraction of sp³-hybridized carbons (Fsp3) is 0.111. The first kappa shape index (κ1) is 12.7. The Labute approximate surface area is 100 Å². The molecule has 2 aromatic heterocycles. The van der Waals surface area contributed by atoms with E-state index in [1.165, 1.54) is 18.2 Å². The van der Waals surface area contributed by atoms with Gasteiger partial charge in [-0.15, -0.1) is 0 Å². The molecule has 0 fully saturated rings. The van der Waals surface area contributed by atoms with E-state index in [2.05, 4.69) is 4.98 Å². The van der Waals surface area contributed by atoms with Gasteiger partial charge in [-0.05, 0) is 12.1 Å². The van der Waals surface area contributed by atoms with Crippen molar-refractivity contribution in [3.05, 3.63) is 35.8 Å². The number of pyridine rings is 1. The number of aliphatic hydroxyl groups excluding tert-OH is 1. The molecule has 0 aliphatic rings. The van der Waals surface area contributed by atoms with Crippen LogP contribution in [0, 0.1) is 0 Å².